The maximum absolute atomic E-state index is 15.1. The van der Waals surface area contributed by atoms with Crippen molar-refractivity contribution in [3.05, 3.63) is 236 Å². The lowest BCUT2D eigenvalue weighted by Crippen LogP contribution is -2.12. The van der Waals surface area contributed by atoms with Crippen LogP contribution in [-0.2, 0) is 0 Å². The molecule has 0 bridgehead atoms. The van der Waals surface area contributed by atoms with Gasteiger partial charge in [-0.1, -0.05) is 127 Å². The number of nitrogens with zero attached hydrogens (tertiary/aromatic N) is 2. The summed E-state index contributed by atoms with van der Waals surface area (Å²) in [7, 11) is 0. The second kappa shape index (κ2) is 16.9. The summed E-state index contributed by atoms with van der Waals surface area (Å²) in [6, 6.07) is 55.1. The average molecular weight is 909 g/mol. The van der Waals surface area contributed by atoms with Gasteiger partial charge in [0.15, 0.2) is 11.6 Å². The van der Waals surface area contributed by atoms with Crippen molar-refractivity contribution in [2.45, 2.75) is 69.2 Å². The van der Waals surface area contributed by atoms with Crippen molar-refractivity contribution < 1.29 is 9.59 Å². The first-order valence-corrected chi connectivity index (χ1v) is 24.4. The van der Waals surface area contributed by atoms with Gasteiger partial charge < -0.3 is 9.13 Å². The highest BCUT2D eigenvalue weighted by molar-refractivity contribution is 6.26. The van der Waals surface area contributed by atoms with Gasteiger partial charge in [-0.3, -0.25) is 9.59 Å². The van der Waals surface area contributed by atoms with Crippen LogP contribution >= 0.6 is 0 Å². The van der Waals surface area contributed by atoms with E-state index < -0.39 is 0 Å². The van der Waals surface area contributed by atoms with Crippen molar-refractivity contribution in [1.82, 2.24) is 9.13 Å². The molecule has 0 spiro atoms. The Morgan fingerprint density at radius 2 is 0.771 bits per heavy atom. The first-order valence-electron chi connectivity index (χ1n) is 24.4. The van der Waals surface area contributed by atoms with E-state index in [4.69, 9.17) is 0 Å². The number of hydrogen-bond donors (Lipinski definition) is 0. The fourth-order valence-electron chi connectivity index (χ4n) is 12.2. The number of aryl methyl sites for hydroxylation is 8. The SMILES string of the molecule is Cc1cc(C)c(-n2c3ccccc3c3c2ccc2c4ccccc4n(-c4c(C)cc(C)c(C(=O)c5cccc(-c6c(C)cccc6C)c5)c4C)c23)c(C)c1C(=O)c1cccc(-c2c(C)cccc2C)c1. The van der Waals surface area contributed by atoms with Gasteiger partial charge in [0, 0.05) is 43.8 Å². The molecule has 0 unspecified atom stereocenters. The van der Waals surface area contributed by atoms with E-state index >= 15 is 9.59 Å². The Hall–Kier alpha value is -8.08. The molecule has 0 aliphatic carbocycles. The molecule has 0 amide bonds. The quantitative estimate of drug-likeness (QED) is 0.143. The second-order valence-electron chi connectivity index (χ2n) is 19.6. The van der Waals surface area contributed by atoms with E-state index in [-0.39, 0.29) is 11.6 Å². The molecular formula is C66H56N2O2. The van der Waals surface area contributed by atoms with Crippen LogP contribution in [0.15, 0.2) is 158 Å². The number of carbonyl (C=O) groups excluding carboxylic acids is 2. The number of ketones is 2. The molecule has 0 saturated carbocycles. The van der Waals surface area contributed by atoms with E-state index in [0.717, 1.165) is 111 Å². The molecule has 9 aromatic carbocycles. The van der Waals surface area contributed by atoms with Crippen LogP contribution in [0.2, 0.25) is 0 Å². The molecule has 0 aliphatic rings. The lowest BCUT2D eigenvalue weighted by molar-refractivity contribution is 0.102. The van der Waals surface area contributed by atoms with E-state index in [0.29, 0.717) is 11.1 Å². The normalized spacial score (nSPS) is 11.7. The predicted molar refractivity (Wildman–Crippen MR) is 293 cm³/mol. The van der Waals surface area contributed by atoms with Crippen molar-refractivity contribution >= 4 is 55.2 Å². The van der Waals surface area contributed by atoms with Crippen molar-refractivity contribution in [2.75, 3.05) is 0 Å². The van der Waals surface area contributed by atoms with Crippen LogP contribution in [-0.4, -0.2) is 20.7 Å². The van der Waals surface area contributed by atoms with E-state index in [2.05, 4.69) is 212 Å². The zero-order chi connectivity index (χ0) is 48.9. The summed E-state index contributed by atoms with van der Waals surface area (Å²) in [6.07, 6.45) is 0. The van der Waals surface area contributed by atoms with Crippen LogP contribution in [0.3, 0.4) is 0 Å². The zero-order valence-electron chi connectivity index (χ0n) is 41.7. The lowest BCUT2D eigenvalue weighted by atomic mass is 9.89. The lowest BCUT2D eigenvalue weighted by Gasteiger charge is -2.21. The molecule has 11 aromatic rings. The number of rotatable bonds is 8. The van der Waals surface area contributed by atoms with Gasteiger partial charge in [0.2, 0.25) is 0 Å². The van der Waals surface area contributed by atoms with E-state index in [1.807, 2.05) is 24.3 Å². The summed E-state index contributed by atoms with van der Waals surface area (Å²) in [5, 5.41) is 4.51. The molecule has 4 nitrogen and oxygen atoms in total. The summed E-state index contributed by atoms with van der Waals surface area (Å²) in [5.41, 5.74) is 24.2. The highest BCUT2D eigenvalue weighted by atomic mass is 16.1. The van der Waals surface area contributed by atoms with Crippen LogP contribution < -0.4 is 0 Å². The summed E-state index contributed by atoms with van der Waals surface area (Å²) >= 11 is 0. The van der Waals surface area contributed by atoms with Gasteiger partial charge in [-0.05, 0) is 177 Å². The van der Waals surface area contributed by atoms with Crippen LogP contribution in [0.4, 0.5) is 0 Å². The number of para-hydroxylation sites is 2. The molecular weight excluding hydrogens is 853 g/mol. The van der Waals surface area contributed by atoms with Crippen molar-refractivity contribution in [3.63, 3.8) is 0 Å². The number of fused-ring (bicyclic) bond motifs is 7. The van der Waals surface area contributed by atoms with Crippen LogP contribution in [0.25, 0.3) is 77.2 Å². The molecule has 0 atom stereocenters. The first-order chi connectivity index (χ1) is 33.7. The molecule has 2 heterocycles. The predicted octanol–water partition coefficient (Wildman–Crippen LogP) is 16.8. The molecule has 342 valence electrons. The van der Waals surface area contributed by atoms with E-state index in [1.165, 1.54) is 33.4 Å². The van der Waals surface area contributed by atoms with Crippen LogP contribution in [0, 0.1) is 69.2 Å². The van der Waals surface area contributed by atoms with Crippen LogP contribution in [0.1, 0.15) is 87.5 Å². The van der Waals surface area contributed by atoms with Crippen molar-refractivity contribution in [2.24, 2.45) is 0 Å². The Balaban J connectivity index is 1.14. The Bertz CT molecular complexity index is 4000. The smallest absolute Gasteiger partial charge is 0.193 e. The molecule has 11 rings (SSSR count). The largest absolute Gasteiger partial charge is 0.309 e. The highest BCUT2D eigenvalue weighted by Gasteiger charge is 2.28. The summed E-state index contributed by atoms with van der Waals surface area (Å²) in [4.78, 5) is 30.1. The van der Waals surface area contributed by atoms with Crippen LogP contribution in [0.5, 0.6) is 0 Å². The van der Waals surface area contributed by atoms with Gasteiger partial charge in [-0.15, -0.1) is 0 Å². The minimum absolute atomic E-state index is 0.0135. The third-order valence-corrected chi connectivity index (χ3v) is 15.0. The van der Waals surface area contributed by atoms with Gasteiger partial charge in [0.1, 0.15) is 0 Å². The first kappa shape index (κ1) is 44.4. The molecule has 0 radical (unpaired) electrons. The number of benzene rings is 9. The molecule has 0 saturated heterocycles. The highest BCUT2D eigenvalue weighted by Crippen LogP contribution is 2.45. The molecule has 2 aromatic heterocycles. The van der Waals surface area contributed by atoms with Gasteiger partial charge in [-0.2, -0.15) is 0 Å². The fourth-order valence-corrected chi connectivity index (χ4v) is 12.2. The van der Waals surface area contributed by atoms with Gasteiger partial charge >= 0.3 is 0 Å². The van der Waals surface area contributed by atoms with Crippen molar-refractivity contribution in [3.8, 4) is 33.6 Å². The molecule has 0 N–H and O–H groups in total. The average Bonchev–Trinajstić information content (AvgIpc) is 3.84. The summed E-state index contributed by atoms with van der Waals surface area (Å²) < 4.78 is 4.80. The summed E-state index contributed by atoms with van der Waals surface area (Å²) in [5.74, 6) is 0.0276. The monoisotopic (exact) mass is 908 g/mol. The minimum atomic E-state index is 0.0135. The molecule has 0 aliphatic heterocycles. The topological polar surface area (TPSA) is 44.0 Å². The van der Waals surface area contributed by atoms with E-state index in [1.54, 1.807) is 0 Å². The Labute approximate surface area is 410 Å². The third-order valence-electron chi connectivity index (χ3n) is 15.0. The standard InChI is InChI=1S/C66H56N2O2/c1-37-19-15-20-38(2)57(37)47-23-17-25-49(35-47)65(69)59-41(5)33-43(7)62(45(59)9)67-55-30-14-12-28-53(55)61-56(67)32-31-52-51-27-11-13-29-54(51)68(64(52)61)63-44(8)34-42(6)60(46(63)10)66(70)50-26-18-24-48(36-50)58-39(3)21-16-22-40(58)4/h11-36H,1-10H3. The Morgan fingerprint density at radius 1 is 0.343 bits per heavy atom. The van der Waals surface area contributed by atoms with Gasteiger partial charge in [-0.25, -0.2) is 0 Å². The fraction of sp³-hybridized carbons (Fsp3) is 0.152. The molecule has 0 fully saturated rings. The maximum atomic E-state index is 15.1. The Morgan fingerprint density at radius 3 is 1.27 bits per heavy atom. The van der Waals surface area contributed by atoms with Gasteiger partial charge in [0.05, 0.1) is 33.4 Å². The molecule has 4 heteroatoms. The Kier molecular flexibility index (Phi) is 10.7. The number of hydrogen-bond acceptors (Lipinski definition) is 2. The van der Waals surface area contributed by atoms with Crippen molar-refractivity contribution in [1.29, 1.82) is 0 Å². The minimum Gasteiger partial charge on any atom is -0.309 e. The zero-order valence-corrected chi connectivity index (χ0v) is 41.7. The van der Waals surface area contributed by atoms with Gasteiger partial charge in [0.25, 0.3) is 0 Å². The van der Waals surface area contributed by atoms with E-state index in [9.17, 15) is 0 Å². The molecule has 70 heavy (non-hydrogen) atoms. The number of carbonyl (C=O) groups is 2. The number of aromatic nitrogens is 2. The maximum Gasteiger partial charge on any atom is 0.193 e. The third kappa shape index (κ3) is 6.80. The summed E-state index contributed by atoms with van der Waals surface area (Å²) in [6.45, 7) is 21.2. The second-order valence-corrected chi connectivity index (χ2v) is 19.6.